The van der Waals surface area contributed by atoms with E-state index < -0.39 is 0 Å². The lowest BCUT2D eigenvalue weighted by Gasteiger charge is -2.15. The zero-order valence-electron chi connectivity index (χ0n) is 14.7. The van der Waals surface area contributed by atoms with Crippen LogP contribution in [0.25, 0.3) is 6.08 Å². The largest absolute Gasteiger partial charge is 0.321 e. The number of hydrogen-bond donors (Lipinski definition) is 1. The van der Waals surface area contributed by atoms with E-state index in [0.717, 1.165) is 29.7 Å². The molecule has 4 nitrogen and oxygen atoms in total. The average Bonchev–Trinajstić information content (AvgIpc) is 2.93. The van der Waals surface area contributed by atoms with E-state index in [0.29, 0.717) is 18.2 Å². The van der Waals surface area contributed by atoms with Crippen LogP contribution >= 0.6 is 0 Å². The topological polar surface area (TPSA) is 44.7 Å². The minimum atomic E-state index is -0.0806. The third-order valence-electron chi connectivity index (χ3n) is 4.07. The number of carbonyl (C=O) groups excluding carboxylic acids is 1. The van der Waals surface area contributed by atoms with Gasteiger partial charge in [0.2, 0.25) is 5.96 Å². The van der Waals surface area contributed by atoms with E-state index in [2.05, 4.69) is 17.2 Å². The van der Waals surface area contributed by atoms with Gasteiger partial charge in [0.25, 0.3) is 5.91 Å². The Balaban J connectivity index is 1.95. The van der Waals surface area contributed by atoms with Crippen molar-refractivity contribution in [2.45, 2.75) is 26.7 Å². The Morgan fingerprint density at radius 1 is 1.08 bits per heavy atom. The lowest BCUT2D eigenvalue weighted by molar-refractivity contribution is -0.113. The number of aliphatic imine (C=N–C) groups is 1. The van der Waals surface area contributed by atoms with Gasteiger partial charge in [-0.1, -0.05) is 61.4 Å². The van der Waals surface area contributed by atoms with Gasteiger partial charge in [0.05, 0.1) is 5.69 Å². The minimum absolute atomic E-state index is 0.0806. The van der Waals surface area contributed by atoms with E-state index in [4.69, 9.17) is 0 Å². The van der Waals surface area contributed by atoms with Gasteiger partial charge in [-0.05, 0) is 37.1 Å². The molecule has 25 heavy (non-hydrogen) atoms. The molecule has 0 saturated carbocycles. The van der Waals surface area contributed by atoms with Crippen LogP contribution in [0.3, 0.4) is 0 Å². The van der Waals surface area contributed by atoms with Crippen LogP contribution in [0.1, 0.15) is 30.9 Å². The lowest BCUT2D eigenvalue weighted by atomic mass is 10.2. The molecule has 2 aromatic rings. The molecule has 0 atom stereocenters. The summed E-state index contributed by atoms with van der Waals surface area (Å²) in [6.45, 7) is 4.86. The van der Waals surface area contributed by atoms with Crippen LogP contribution < -0.4 is 10.2 Å². The highest BCUT2D eigenvalue weighted by Gasteiger charge is 2.33. The first kappa shape index (κ1) is 17.0. The van der Waals surface area contributed by atoms with Gasteiger partial charge in [-0.3, -0.25) is 9.79 Å². The standard InChI is InChI=1S/C21H23N3O/c1-3-4-14-22-21-23-19(15-17-8-6-5-7-9-17)20(25)24(21)18-12-10-16(2)11-13-18/h5-13,15H,3-4,14H2,1-2H3,(H,22,23)/b19-15+. The third-order valence-corrected chi connectivity index (χ3v) is 4.07. The highest BCUT2D eigenvalue weighted by Crippen LogP contribution is 2.23. The number of nitrogens with one attached hydrogen (secondary N) is 1. The normalized spacial score (nSPS) is 17.4. The minimum Gasteiger partial charge on any atom is -0.321 e. The molecule has 1 aliphatic heterocycles. The summed E-state index contributed by atoms with van der Waals surface area (Å²) in [5, 5.41) is 3.20. The van der Waals surface area contributed by atoms with Crippen molar-refractivity contribution in [3.8, 4) is 0 Å². The Bertz CT molecular complexity index is 792. The van der Waals surface area contributed by atoms with Gasteiger partial charge in [0.1, 0.15) is 5.70 Å². The molecular formula is C21H23N3O. The van der Waals surface area contributed by atoms with Gasteiger partial charge in [-0.15, -0.1) is 0 Å². The van der Waals surface area contributed by atoms with Gasteiger partial charge in [-0.2, -0.15) is 0 Å². The molecule has 1 fully saturated rings. The van der Waals surface area contributed by atoms with Gasteiger partial charge in [0, 0.05) is 6.54 Å². The van der Waals surface area contributed by atoms with E-state index in [1.165, 1.54) is 0 Å². The van der Waals surface area contributed by atoms with Crippen molar-refractivity contribution in [3.63, 3.8) is 0 Å². The second-order valence-corrected chi connectivity index (χ2v) is 6.13. The summed E-state index contributed by atoms with van der Waals surface area (Å²) in [6.07, 6.45) is 3.94. The summed E-state index contributed by atoms with van der Waals surface area (Å²) < 4.78 is 0. The molecule has 0 aromatic heterocycles. The van der Waals surface area contributed by atoms with Crippen LogP contribution in [-0.2, 0) is 4.79 Å². The molecule has 2 aromatic carbocycles. The first-order valence-corrected chi connectivity index (χ1v) is 8.68. The zero-order valence-corrected chi connectivity index (χ0v) is 14.7. The van der Waals surface area contributed by atoms with E-state index in [1.807, 2.05) is 67.6 Å². The van der Waals surface area contributed by atoms with Crippen molar-refractivity contribution >= 4 is 23.6 Å². The zero-order chi connectivity index (χ0) is 17.6. The van der Waals surface area contributed by atoms with Crippen LogP contribution in [0.15, 0.2) is 65.3 Å². The van der Waals surface area contributed by atoms with E-state index in [9.17, 15) is 4.79 Å². The number of unbranched alkanes of at least 4 members (excludes halogenated alkanes) is 1. The third kappa shape index (κ3) is 3.97. The van der Waals surface area contributed by atoms with Crippen molar-refractivity contribution < 1.29 is 4.79 Å². The number of benzene rings is 2. The molecule has 0 radical (unpaired) electrons. The second-order valence-electron chi connectivity index (χ2n) is 6.13. The van der Waals surface area contributed by atoms with E-state index in [-0.39, 0.29) is 5.91 Å². The number of nitrogens with zero attached hydrogens (tertiary/aromatic N) is 2. The van der Waals surface area contributed by atoms with Crippen molar-refractivity contribution in [1.29, 1.82) is 0 Å². The lowest BCUT2D eigenvalue weighted by Crippen LogP contribution is -2.32. The molecule has 1 aliphatic rings. The van der Waals surface area contributed by atoms with Crippen molar-refractivity contribution in [3.05, 3.63) is 71.4 Å². The molecule has 0 spiro atoms. The molecule has 0 unspecified atom stereocenters. The summed E-state index contributed by atoms with van der Waals surface area (Å²) in [7, 11) is 0. The fraction of sp³-hybridized carbons (Fsp3) is 0.238. The Kier molecular flexibility index (Phi) is 5.29. The molecule has 0 bridgehead atoms. The van der Waals surface area contributed by atoms with Crippen LogP contribution in [0.2, 0.25) is 0 Å². The number of guanidine groups is 1. The molecule has 4 heteroatoms. The van der Waals surface area contributed by atoms with E-state index in [1.54, 1.807) is 4.90 Å². The van der Waals surface area contributed by atoms with Crippen LogP contribution in [0, 0.1) is 6.92 Å². The predicted molar refractivity (Wildman–Crippen MR) is 103 cm³/mol. The Morgan fingerprint density at radius 3 is 2.48 bits per heavy atom. The number of anilines is 1. The monoisotopic (exact) mass is 333 g/mol. The molecule has 1 heterocycles. The van der Waals surface area contributed by atoms with Crippen molar-refractivity contribution in [2.24, 2.45) is 4.99 Å². The predicted octanol–water partition coefficient (Wildman–Crippen LogP) is 4.13. The summed E-state index contributed by atoms with van der Waals surface area (Å²) in [6, 6.07) is 17.7. The SMILES string of the molecule is CCCCN=C1N/C(=C/c2ccccc2)C(=O)N1c1ccc(C)cc1. The van der Waals surface area contributed by atoms with Crippen LogP contribution in [-0.4, -0.2) is 18.4 Å². The summed E-state index contributed by atoms with van der Waals surface area (Å²) in [5.41, 5.74) is 3.52. The maximum Gasteiger partial charge on any atom is 0.281 e. The number of amides is 1. The fourth-order valence-corrected chi connectivity index (χ4v) is 2.65. The first-order chi connectivity index (χ1) is 12.2. The molecule has 1 amide bonds. The quantitative estimate of drug-likeness (QED) is 0.660. The van der Waals surface area contributed by atoms with E-state index >= 15 is 0 Å². The number of aryl methyl sites for hydroxylation is 1. The van der Waals surface area contributed by atoms with Gasteiger partial charge in [0.15, 0.2) is 0 Å². The van der Waals surface area contributed by atoms with Gasteiger partial charge >= 0.3 is 0 Å². The van der Waals surface area contributed by atoms with Crippen molar-refractivity contribution in [2.75, 3.05) is 11.4 Å². The molecule has 3 rings (SSSR count). The molecule has 1 saturated heterocycles. The maximum atomic E-state index is 13.0. The fourth-order valence-electron chi connectivity index (χ4n) is 2.65. The van der Waals surface area contributed by atoms with Crippen LogP contribution in [0.5, 0.6) is 0 Å². The van der Waals surface area contributed by atoms with Gasteiger partial charge in [-0.25, -0.2) is 4.90 Å². The summed E-state index contributed by atoms with van der Waals surface area (Å²) in [4.78, 5) is 19.2. The number of hydrogen-bond acceptors (Lipinski definition) is 2. The average molecular weight is 333 g/mol. The molecule has 0 aliphatic carbocycles. The molecule has 128 valence electrons. The summed E-state index contributed by atoms with van der Waals surface area (Å²) in [5.74, 6) is 0.521. The van der Waals surface area contributed by atoms with Gasteiger partial charge < -0.3 is 5.32 Å². The number of rotatable bonds is 5. The molecular weight excluding hydrogens is 310 g/mol. The highest BCUT2D eigenvalue weighted by molar-refractivity contribution is 6.29. The number of carbonyl (C=O) groups is 1. The summed E-state index contributed by atoms with van der Waals surface area (Å²) >= 11 is 0. The Labute approximate surface area is 148 Å². The second kappa shape index (κ2) is 7.79. The Hall–Kier alpha value is -2.88. The smallest absolute Gasteiger partial charge is 0.281 e. The van der Waals surface area contributed by atoms with Crippen LogP contribution in [0.4, 0.5) is 5.69 Å². The molecule has 1 N–H and O–H groups in total. The highest BCUT2D eigenvalue weighted by atomic mass is 16.2. The Morgan fingerprint density at radius 2 is 1.80 bits per heavy atom. The maximum absolute atomic E-state index is 13.0. The first-order valence-electron chi connectivity index (χ1n) is 8.68. The van der Waals surface area contributed by atoms with Crippen molar-refractivity contribution in [1.82, 2.24) is 5.32 Å².